The summed E-state index contributed by atoms with van der Waals surface area (Å²) in [6.07, 6.45) is -0.134. The van der Waals surface area contributed by atoms with Gasteiger partial charge in [0, 0.05) is 32.6 Å². The van der Waals surface area contributed by atoms with Gasteiger partial charge in [0.2, 0.25) is 5.91 Å². The lowest BCUT2D eigenvalue weighted by Crippen LogP contribution is -2.49. The van der Waals surface area contributed by atoms with E-state index < -0.39 is 6.10 Å². The van der Waals surface area contributed by atoms with Gasteiger partial charge in [0.25, 0.3) is 0 Å². The van der Waals surface area contributed by atoms with Crippen molar-refractivity contribution in [2.75, 3.05) is 39.4 Å². The number of hydrogen-bond acceptors (Lipinski definition) is 6. The molecule has 8 heteroatoms. The Morgan fingerprint density at radius 2 is 2.04 bits per heavy atom. The topological polar surface area (TPSA) is 83.7 Å². The molecular weight excluding hydrogens is 322 g/mol. The van der Waals surface area contributed by atoms with E-state index in [-0.39, 0.29) is 11.9 Å². The fourth-order valence-corrected chi connectivity index (χ4v) is 3.68. The van der Waals surface area contributed by atoms with Crippen molar-refractivity contribution in [1.29, 1.82) is 0 Å². The maximum Gasteiger partial charge on any atom is 0.224 e. The van der Waals surface area contributed by atoms with Crippen LogP contribution in [0.25, 0.3) is 11.0 Å². The van der Waals surface area contributed by atoms with E-state index in [9.17, 15) is 9.90 Å². The highest BCUT2D eigenvalue weighted by atomic mass is 16.5. The third-order valence-corrected chi connectivity index (χ3v) is 5.08. The number of ether oxygens (including phenoxy) is 1. The van der Waals surface area contributed by atoms with E-state index in [1.165, 1.54) is 0 Å². The molecule has 0 aliphatic carbocycles. The van der Waals surface area contributed by atoms with Gasteiger partial charge in [-0.05, 0) is 12.1 Å². The van der Waals surface area contributed by atoms with Crippen molar-refractivity contribution >= 4 is 16.9 Å². The number of para-hydroxylation sites is 1. The van der Waals surface area contributed by atoms with Crippen molar-refractivity contribution < 1.29 is 14.6 Å². The van der Waals surface area contributed by atoms with Crippen LogP contribution in [0.1, 0.15) is 6.42 Å². The first-order valence-electron chi connectivity index (χ1n) is 8.78. The molecule has 0 bridgehead atoms. The summed E-state index contributed by atoms with van der Waals surface area (Å²) in [5.41, 5.74) is 1.77. The Kier molecular flexibility index (Phi) is 4.65. The van der Waals surface area contributed by atoms with E-state index in [1.807, 2.05) is 24.3 Å². The number of benzene rings is 1. The minimum Gasteiger partial charge on any atom is -0.390 e. The molecule has 1 aromatic heterocycles. The molecule has 0 spiro atoms. The molecule has 1 aromatic carbocycles. The largest absolute Gasteiger partial charge is 0.390 e. The maximum atomic E-state index is 12.6. The predicted octanol–water partition coefficient (Wildman–Crippen LogP) is -0.275. The summed E-state index contributed by atoms with van der Waals surface area (Å²) in [6, 6.07) is 7.73. The van der Waals surface area contributed by atoms with Gasteiger partial charge in [-0.3, -0.25) is 9.69 Å². The fourth-order valence-electron chi connectivity index (χ4n) is 3.68. The molecule has 2 atom stereocenters. The molecule has 134 valence electrons. The van der Waals surface area contributed by atoms with Gasteiger partial charge in [-0.1, -0.05) is 17.3 Å². The normalized spacial score (nSPS) is 24.9. The summed E-state index contributed by atoms with van der Waals surface area (Å²) in [7, 11) is 0. The SMILES string of the molecule is O=C(CCn1nnc2ccccc21)N1C[C@@H](O)[C@H](N2CCOCC2)C1. The van der Waals surface area contributed by atoms with Crippen LogP contribution in [0.4, 0.5) is 0 Å². The second kappa shape index (κ2) is 7.07. The quantitative estimate of drug-likeness (QED) is 0.821. The molecule has 1 N–H and O–H groups in total. The lowest BCUT2D eigenvalue weighted by atomic mass is 10.1. The maximum absolute atomic E-state index is 12.6. The molecule has 2 fully saturated rings. The van der Waals surface area contributed by atoms with Gasteiger partial charge in [-0.2, -0.15) is 0 Å². The van der Waals surface area contributed by atoms with Crippen molar-refractivity contribution in [3.63, 3.8) is 0 Å². The summed E-state index contributed by atoms with van der Waals surface area (Å²) in [6.45, 7) is 4.49. The van der Waals surface area contributed by atoms with Crippen LogP contribution in [0.5, 0.6) is 0 Å². The Morgan fingerprint density at radius 1 is 1.24 bits per heavy atom. The number of nitrogens with zero attached hydrogens (tertiary/aromatic N) is 5. The van der Waals surface area contributed by atoms with Gasteiger partial charge in [0.15, 0.2) is 0 Å². The van der Waals surface area contributed by atoms with Crippen molar-refractivity contribution in [2.24, 2.45) is 0 Å². The zero-order chi connectivity index (χ0) is 17.2. The highest BCUT2D eigenvalue weighted by Crippen LogP contribution is 2.19. The lowest BCUT2D eigenvalue weighted by molar-refractivity contribution is -0.130. The third-order valence-electron chi connectivity index (χ3n) is 5.08. The van der Waals surface area contributed by atoms with Gasteiger partial charge < -0.3 is 14.7 Å². The number of aryl methyl sites for hydroxylation is 1. The van der Waals surface area contributed by atoms with Crippen molar-refractivity contribution in [2.45, 2.75) is 25.1 Å². The molecular formula is C17H23N5O3. The Bertz CT molecular complexity index is 743. The number of carbonyl (C=O) groups is 1. The Labute approximate surface area is 146 Å². The number of likely N-dealkylation sites (tertiary alicyclic amines) is 1. The van der Waals surface area contributed by atoms with Crippen LogP contribution in [0.3, 0.4) is 0 Å². The number of aromatic nitrogens is 3. The summed E-state index contributed by atoms with van der Waals surface area (Å²) in [4.78, 5) is 16.6. The number of aliphatic hydroxyl groups is 1. The molecule has 0 saturated carbocycles. The van der Waals surface area contributed by atoms with E-state index in [2.05, 4.69) is 15.2 Å². The number of β-amino-alcohol motifs (C(OH)–C–C–N with tert-alkyl or cyclic N) is 1. The van der Waals surface area contributed by atoms with Crippen molar-refractivity contribution in [3.8, 4) is 0 Å². The number of aliphatic hydroxyl groups excluding tert-OH is 1. The van der Waals surface area contributed by atoms with Crippen molar-refractivity contribution in [3.05, 3.63) is 24.3 Å². The molecule has 25 heavy (non-hydrogen) atoms. The van der Waals surface area contributed by atoms with Crippen LogP contribution >= 0.6 is 0 Å². The van der Waals surface area contributed by atoms with E-state index in [4.69, 9.17) is 4.74 Å². The molecule has 2 aromatic rings. The van der Waals surface area contributed by atoms with Crippen LogP contribution in [-0.2, 0) is 16.1 Å². The first-order chi connectivity index (χ1) is 12.2. The number of amides is 1. The molecule has 3 heterocycles. The fraction of sp³-hybridized carbons (Fsp3) is 0.588. The third kappa shape index (κ3) is 3.37. The number of rotatable bonds is 4. The Balaban J connectivity index is 1.35. The number of carbonyl (C=O) groups excluding carboxylic acids is 1. The molecule has 4 rings (SSSR count). The molecule has 1 amide bonds. The van der Waals surface area contributed by atoms with Gasteiger partial charge in [-0.25, -0.2) is 4.68 Å². The summed E-state index contributed by atoms with van der Waals surface area (Å²) in [5.74, 6) is 0.0504. The van der Waals surface area contributed by atoms with E-state index in [0.29, 0.717) is 39.3 Å². The summed E-state index contributed by atoms with van der Waals surface area (Å²) in [5, 5.41) is 18.6. The molecule has 2 aliphatic rings. The van der Waals surface area contributed by atoms with Crippen LogP contribution in [0.15, 0.2) is 24.3 Å². The minimum atomic E-state index is -0.491. The highest BCUT2D eigenvalue weighted by molar-refractivity contribution is 5.77. The number of morpholine rings is 1. The predicted molar refractivity (Wildman–Crippen MR) is 90.9 cm³/mol. The van der Waals surface area contributed by atoms with Crippen LogP contribution in [0.2, 0.25) is 0 Å². The van der Waals surface area contributed by atoms with E-state index in [0.717, 1.165) is 24.1 Å². The van der Waals surface area contributed by atoms with E-state index in [1.54, 1.807) is 9.58 Å². The molecule has 0 unspecified atom stereocenters. The average Bonchev–Trinajstić information content (AvgIpc) is 3.24. The first kappa shape index (κ1) is 16.4. The number of hydrogen-bond donors (Lipinski definition) is 1. The zero-order valence-corrected chi connectivity index (χ0v) is 14.1. The van der Waals surface area contributed by atoms with Gasteiger partial charge >= 0.3 is 0 Å². The monoisotopic (exact) mass is 345 g/mol. The lowest BCUT2D eigenvalue weighted by Gasteiger charge is -2.33. The van der Waals surface area contributed by atoms with Crippen molar-refractivity contribution in [1.82, 2.24) is 24.8 Å². The standard InChI is InChI=1S/C17H23N5O3/c23-16-12-21(11-15(16)20-7-9-25-10-8-20)17(24)5-6-22-14-4-2-1-3-13(14)18-19-22/h1-4,15-16,23H,5-12H2/t15-,16-/m1/s1. The number of fused-ring (bicyclic) bond motifs is 1. The molecule has 0 radical (unpaired) electrons. The average molecular weight is 345 g/mol. The second-order valence-electron chi connectivity index (χ2n) is 6.63. The Morgan fingerprint density at radius 3 is 2.88 bits per heavy atom. The summed E-state index contributed by atoms with van der Waals surface area (Å²) >= 11 is 0. The molecule has 8 nitrogen and oxygen atoms in total. The van der Waals surface area contributed by atoms with Crippen LogP contribution in [0, 0.1) is 0 Å². The highest BCUT2D eigenvalue weighted by Gasteiger charge is 2.37. The second-order valence-corrected chi connectivity index (χ2v) is 6.63. The van der Waals surface area contributed by atoms with Gasteiger partial charge in [-0.15, -0.1) is 5.10 Å². The minimum absolute atomic E-state index is 0.0139. The zero-order valence-electron chi connectivity index (χ0n) is 14.1. The van der Waals surface area contributed by atoms with Crippen LogP contribution in [-0.4, -0.2) is 87.3 Å². The van der Waals surface area contributed by atoms with Crippen LogP contribution < -0.4 is 0 Å². The van der Waals surface area contributed by atoms with Gasteiger partial charge in [0.1, 0.15) is 5.52 Å². The van der Waals surface area contributed by atoms with Gasteiger partial charge in [0.05, 0.1) is 37.4 Å². The Hall–Kier alpha value is -2.03. The van der Waals surface area contributed by atoms with E-state index >= 15 is 0 Å². The first-order valence-corrected chi connectivity index (χ1v) is 8.78. The smallest absolute Gasteiger partial charge is 0.224 e. The molecule has 2 aliphatic heterocycles. The molecule has 2 saturated heterocycles. The summed E-state index contributed by atoms with van der Waals surface area (Å²) < 4.78 is 7.13.